The predicted molar refractivity (Wildman–Crippen MR) is 91.2 cm³/mol. The minimum Gasteiger partial charge on any atom is -0.497 e. The summed E-state index contributed by atoms with van der Waals surface area (Å²) >= 11 is 3.26. The quantitative estimate of drug-likeness (QED) is 0.840. The smallest absolute Gasteiger partial charge is 0.264 e. The molecule has 2 aromatic carbocycles. The SMILES string of the molecule is CCc1cc(OC)ccc1S(=O)(=O)NC(=O)c1ccc(Br)cc1. The molecule has 0 spiro atoms. The molecular formula is C16H16BrNO4S. The first-order valence-electron chi connectivity index (χ1n) is 6.87. The zero-order valence-electron chi connectivity index (χ0n) is 12.7. The Kier molecular flexibility index (Phi) is 5.43. The van der Waals surface area contributed by atoms with Crippen LogP contribution in [0.4, 0.5) is 0 Å². The van der Waals surface area contributed by atoms with Crippen molar-refractivity contribution in [1.29, 1.82) is 0 Å². The largest absolute Gasteiger partial charge is 0.497 e. The van der Waals surface area contributed by atoms with Gasteiger partial charge in [-0.2, -0.15) is 0 Å². The molecule has 0 fully saturated rings. The molecule has 0 aliphatic carbocycles. The van der Waals surface area contributed by atoms with E-state index in [4.69, 9.17) is 4.74 Å². The van der Waals surface area contributed by atoms with Crippen molar-refractivity contribution in [2.45, 2.75) is 18.2 Å². The van der Waals surface area contributed by atoms with Crippen LogP contribution in [0.2, 0.25) is 0 Å². The van der Waals surface area contributed by atoms with Gasteiger partial charge in [0.15, 0.2) is 0 Å². The summed E-state index contributed by atoms with van der Waals surface area (Å²) in [5.74, 6) is -0.101. The number of benzene rings is 2. The zero-order chi connectivity index (χ0) is 17.0. The van der Waals surface area contributed by atoms with Crippen molar-refractivity contribution in [3.63, 3.8) is 0 Å². The molecule has 0 saturated heterocycles. The standard InChI is InChI=1S/C16H16BrNO4S/c1-3-11-10-14(22-2)8-9-15(11)23(20,21)18-16(19)12-4-6-13(17)7-5-12/h4-10H,3H2,1-2H3,(H,18,19). The number of ether oxygens (including phenoxy) is 1. The molecule has 0 bridgehead atoms. The number of hydrogen-bond donors (Lipinski definition) is 1. The molecule has 7 heteroatoms. The highest BCUT2D eigenvalue weighted by Crippen LogP contribution is 2.22. The predicted octanol–water partition coefficient (Wildman–Crippen LogP) is 3.14. The Hall–Kier alpha value is -1.86. The molecule has 0 radical (unpaired) electrons. The fraction of sp³-hybridized carbons (Fsp3) is 0.188. The molecule has 0 atom stereocenters. The highest BCUT2D eigenvalue weighted by Gasteiger charge is 2.21. The third kappa shape index (κ3) is 4.11. The van der Waals surface area contributed by atoms with Gasteiger partial charge in [-0.05, 0) is 54.4 Å². The van der Waals surface area contributed by atoms with E-state index >= 15 is 0 Å². The molecule has 2 rings (SSSR count). The molecule has 2 aromatic rings. The number of halogens is 1. The number of carbonyl (C=O) groups is 1. The maximum absolute atomic E-state index is 12.5. The summed E-state index contributed by atoms with van der Waals surface area (Å²) in [5.41, 5.74) is 0.851. The van der Waals surface area contributed by atoms with Gasteiger partial charge in [0.05, 0.1) is 12.0 Å². The van der Waals surface area contributed by atoms with Crippen LogP contribution in [0, 0.1) is 0 Å². The van der Waals surface area contributed by atoms with E-state index in [0.717, 1.165) is 4.47 Å². The van der Waals surface area contributed by atoms with Crippen molar-refractivity contribution in [2.75, 3.05) is 7.11 Å². The molecule has 23 heavy (non-hydrogen) atoms. The van der Waals surface area contributed by atoms with Gasteiger partial charge in [0.2, 0.25) is 0 Å². The molecule has 1 N–H and O–H groups in total. The Bertz CT molecular complexity index is 816. The first-order valence-corrected chi connectivity index (χ1v) is 9.14. The molecular weight excluding hydrogens is 382 g/mol. The van der Waals surface area contributed by atoms with Gasteiger partial charge < -0.3 is 4.74 Å². The average Bonchev–Trinajstić information content (AvgIpc) is 2.54. The molecule has 0 aliphatic heterocycles. The summed E-state index contributed by atoms with van der Waals surface area (Å²) in [6, 6.07) is 11.1. The normalized spacial score (nSPS) is 11.1. The van der Waals surface area contributed by atoms with Gasteiger partial charge in [-0.1, -0.05) is 22.9 Å². The molecule has 122 valence electrons. The second kappa shape index (κ2) is 7.14. The number of carbonyl (C=O) groups excluding carboxylic acids is 1. The van der Waals surface area contributed by atoms with Crippen molar-refractivity contribution < 1.29 is 17.9 Å². The summed E-state index contributed by atoms with van der Waals surface area (Å²) in [7, 11) is -2.44. The third-order valence-electron chi connectivity index (χ3n) is 3.27. The number of aryl methyl sites for hydroxylation is 1. The maximum atomic E-state index is 12.5. The lowest BCUT2D eigenvalue weighted by Crippen LogP contribution is -2.31. The van der Waals surface area contributed by atoms with Gasteiger partial charge in [-0.3, -0.25) is 4.79 Å². The number of nitrogens with one attached hydrogen (secondary N) is 1. The average molecular weight is 398 g/mol. The minimum absolute atomic E-state index is 0.0752. The van der Waals surface area contributed by atoms with Gasteiger partial charge >= 0.3 is 0 Å². The van der Waals surface area contributed by atoms with E-state index in [1.807, 2.05) is 6.92 Å². The highest BCUT2D eigenvalue weighted by atomic mass is 79.9. The van der Waals surface area contributed by atoms with Crippen LogP contribution >= 0.6 is 15.9 Å². The summed E-state index contributed by atoms with van der Waals surface area (Å²) in [6.45, 7) is 1.84. The zero-order valence-corrected chi connectivity index (χ0v) is 15.1. The Morgan fingerprint density at radius 3 is 2.39 bits per heavy atom. The van der Waals surface area contributed by atoms with Crippen LogP contribution in [0.25, 0.3) is 0 Å². The van der Waals surface area contributed by atoms with Crippen LogP contribution < -0.4 is 9.46 Å². The van der Waals surface area contributed by atoms with Gasteiger partial charge in [-0.15, -0.1) is 0 Å². The van der Waals surface area contributed by atoms with Gasteiger partial charge in [-0.25, -0.2) is 13.1 Å². The van der Waals surface area contributed by atoms with Crippen molar-refractivity contribution in [3.8, 4) is 5.75 Å². The fourth-order valence-corrected chi connectivity index (χ4v) is 3.59. The van der Waals surface area contributed by atoms with Gasteiger partial charge in [0.25, 0.3) is 15.9 Å². The monoisotopic (exact) mass is 397 g/mol. The van der Waals surface area contributed by atoms with E-state index in [1.165, 1.54) is 13.2 Å². The topological polar surface area (TPSA) is 72.5 Å². The van der Waals surface area contributed by atoms with Crippen LogP contribution in [0.5, 0.6) is 5.75 Å². The first kappa shape index (κ1) is 17.5. The molecule has 0 aromatic heterocycles. The van der Waals surface area contributed by atoms with Crippen molar-refractivity contribution >= 4 is 31.9 Å². The lowest BCUT2D eigenvalue weighted by Gasteiger charge is -2.12. The number of methoxy groups -OCH3 is 1. The maximum Gasteiger partial charge on any atom is 0.264 e. The molecule has 0 aliphatic rings. The Morgan fingerprint density at radius 2 is 1.83 bits per heavy atom. The fourth-order valence-electron chi connectivity index (χ4n) is 2.06. The second-order valence-corrected chi connectivity index (χ2v) is 7.34. The van der Waals surface area contributed by atoms with Gasteiger partial charge in [0.1, 0.15) is 5.75 Å². The number of sulfonamides is 1. The summed E-state index contributed by atoms with van der Waals surface area (Å²) in [4.78, 5) is 12.2. The van der Waals surface area contributed by atoms with Crippen molar-refractivity contribution in [1.82, 2.24) is 4.72 Å². The van der Waals surface area contributed by atoms with E-state index < -0.39 is 15.9 Å². The summed E-state index contributed by atoms with van der Waals surface area (Å²) in [5, 5.41) is 0. The van der Waals surface area contributed by atoms with Crippen LogP contribution in [-0.2, 0) is 16.4 Å². The van der Waals surface area contributed by atoms with Gasteiger partial charge in [0, 0.05) is 10.0 Å². The van der Waals surface area contributed by atoms with Crippen molar-refractivity contribution in [2.24, 2.45) is 0 Å². The summed E-state index contributed by atoms with van der Waals surface area (Å²) in [6.07, 6.45) is 0.500. The lowest BCUT2D eigenvalue weighted by atomic mass is 10.1. The van der Waals surface area contributed by atoms with E-state index in [2.05, 4.69) is 20.7 Å². The van der Waals surface area contributed by atoms with E-state index in [-0.39, 0.29) is 10.5 Å². The molecule has 0 saturated carbocycles. The molecule has 0 unspecified atom stereocenters. The molecule has 0 heterocycles. The van der Waals surface area contributed by atoms with Crippen LogP contribution in [0.3, 0.4) is 0 Å². The Balaban J connectivity index is 2.31. The lowest BCUT2D eigenvalue weighted by molar-refractivity contribution is 0.0981. The first-order chi connectivity index (χ1) is 10.9. The molecule has 1 amide bonds. The highest BCUT2D eigenvalue weighted by molar-refractivity contribution is 9.10. The molecule has 5 nitrogen and oxygen atoms in total. The van der Waals surface area contributed by atoms with Crippen LogP contribution in [0.15, 0.2) is 51.8 Å². The Labute approximate surface area is 143 Å². The van der Waals surface area contributed by atoms with Crippen LogP contribution in [0.1, 0.15) is 22.8 Å². The van der Waals surface area contributed by atoms with E-state index in [9.17, 15) is 13.2 Å². The number of amides is 1. The number of rotatable bonds is 5. The number of hydrogen-bond acceptors (Lipinski definition) is 4. The van der Waals surface area contributed by atoms with Crippen molar-refractivity contribution in [3.05, 3.63) is 58.1 Å². The van der Waals surface area contributed by atoms with E-state index in [0.29, 0.717) is 17.7 Å². The third-order valence-corrected chi connectivity index (χ3v) is 5.23. The summed E-state index contributed by atoms with van der Waals surface area (Å²) < 4.78 is 33.0. The van der Waals surface area contributed by atoms with E-state index in [1.54, 1.807) is 36.4 Å². The minimum atomic E-state index is -3.95. The second-order valence-electron chi connectivity index (χ2n) is 4.77. The van der Waals surface area contributed by atoms with Crippen LogP contribution in [-0.4, -0.2) is 21.4 Å². The Morgan fingerprint density at radius 1 is 1.17 bits per heavy atom.